The summed E-state index contributed by atoms with van der Waals surface area (Å²) in [6, 6.07) is 5.18. The minimum Gasteiger partial charge on any atom is -0.339 e. The Bertz CT molecular complexity index is 706. The monoisotopic (exact) mass is 351 g/mol. The molecule has 3 rings (SSSR count). The van der Waals surface area contributed by atoms with Crippen LogP contribution in [-0.2, 0) is 6.54 Å². The number of aryl methyl sites for hydroxylation is 1. The van der Waals surface area contributed by atoms with Crippen molar-refractivity contribution in [2.24, 2.45) is 0 Å². The van der Waals surface area contributed by atoms with E-state index in [-0.39, 0.29) is 5.91 Å². The van der Waals surface area contributed by atoms with Crippen LogP contribution in [0.5, 0.6) is 0 Å². The van der Waals surface area contributed by atoms with Crippen LogP contribution in [0.1, 0.15) is 41.9 Å². The Hall–Kier alpha value is -1.52. The Kier molecular flexibility index (Phi) is 4.93. The van der Waals surface area contributed by atoms with Gasteiger partial charge in [-0.05, 0) is 31.9 Å². The summed E-state index contributed by atoms with van der Waals surface area (Å²) in [5.74, 6) is 1.49. The van der Waals surface area contributed by atoms with E-state index < -0.39 is 0 Å². The van der Waals surface area contributed by atoms with E-state index >= 15 is 0 Å². The number of piperidine rings is 1. The van der Waals surface area contributed by atoms with E-state index in [1.807, 2.05) is 17.3 Å². The molecule has 1 amide bonds. The van der Waals surface area contributed by atoms with Gasteiger partial charge in [0, 0.05) is 37.9 Å². The van der Waals surface area contributed by atoms with E-state index in [2.05, 4.69) is 16.5 Å². The van der Waals surface area contributed by atoms with E-state index in [4.69, 9.17) is 23.2 Å². The Morgan fingerprint density at radius 2 is 2.04 bits per heavy atom. The first-order valence-electron chi connectivity index (χ1n) is 7.86. The highest BCUT2D eigenvalue weighted by molar-refractivity contribution is 6.43. The van der Waals surface area contributed by atoms with Crippen molar-refractivity contribution in [1.82, 2.24) is 14.5 Å². The number of likely N-dealkylation sites (tertiary alicyclic amines) is 1. The molecule has 0 N–H and O–H groups in total. The molecule has 1 aromatic carbocycles. The lowest BCUT2D eigenvalue weighted by Gasteiger charge is -2.32. The van der Waals surface area contributed by atoms with Gasteiger partial charge in [0.15, 0.2) is 0 Å². The number of nitrogens with zero attached hydrogens (tertiary/aromatic N) is 3. The highest BCUT2D eigenvalue weighted by Gasteiger charge is 2.27. The number of rotatable bonds is 3. The normalized spacial score (nSPS) is 15.9. The van der Waals surface area contributed by atoms with Gasteiger partial charge in [-0.3, -0.25) is 4.79 Å². The van der Waals surface area contributed by atoms with Gasteiger partial charge in [0.05, 0.1) is 15.6 Å². The molecule has 0 radical (unpaired) electrons. The Labute approximate surface area is 146 Å². The van der Waals surface area contributed by atoms with Gasteiger partial charge in [0.1, 0.15) is 5.82 Å². The molecular weight excluding hydrogens is 333 g/mol. The second kappa shape index (κ2) is 6.93. The molecule has 1 aromatic heterocycles. The third kappa shape index (κ3) is 3.24. The quantitative estimate of drug-likeness (QED) is 0.829. The number of hydrogen-bond donors (Lipinski definition) is 0. The Morgan fingerprint density at radius 3 is 2.74 bits per heavy atom. The molecule has 0 saturated carbocycles. The Morgan fingerprint density at radius 1 is 1.30 bits per heavy atom. The minimum absolute atomic E-state index is 0.0465. The van der Waals surface area contributed by atoms with E-state index in [1.54, 1.807) is 18.2 Å². The van der Waals surface area contributed by atoms with Gasteiger partial charge in [-0.2, -0.15) is 0 Å². The van der Waals surface area contributed by atoms with Crippen LogP contribution in [0.15, 0.2) is 30.6 Å². The average Bonchev–Trinajstić information content (AvgIpc) is 3.05. The molecule has 1 aliphatic heterocycles. The van der Waals surface area contributed by atoms with Crippen molar-refractivity contribution in [3.05, 3.63) is 52.0 Å². The molecule has 4 nitrogen and oxygen atoms in total. The van der Waals surface area contributed by atoms with Crippen molar-refractivity contribution in [3.8, 4) is 0 Å². The number of hydrogen-bond acceptors (Lipinski definition) is 2. The van der Waals surface area contributed by atoms with Crippen LogP contribution in [-0.4, -0.2) is 33.4 Å². The summed E-state index contributed by atoms with van der Waals surface area (Å²) in [7, 11) is 0. The first-order valence-corrected chi connectivity index (χ1v) is 8.61. The number of carbonyl (C=O) groups excluding carboxylic acids is 1. The molecule has 2 aromatic rings. The molecular formula is C17H19Cl2N3O. The van der Waals surface area contributed by atoms with E-state index in [0.29, 0.717) is 34.6 Å². The van der Waals surface area contributed by atoms with Gasteiger partial charge in [0.25, 0.3) is 5.91 Å². The number of aromatic nitrogens is 2. The predicted octanol–water partition coefficient (Wildman–Crippen LogP) is 4.23. The number of halogens is 2. The molecule has 6 heteroatoms. The first kappa shape index (κ1) is 16.3. The summed E-state index contributed by atoms with van der Waals surface area (Å²) < 4.78 is 2.18. The molecule has 1 fully saturated rings. The van der Waals surface area contributed by atoms with E-state index in [9.17, 15) is 4.79 Å². The summed E-state index contributed by atoms with van der Waals surface area (Å²) in [6.45, 7) is 4.46. The van der Waals surface area contributed by atoms with Crippen LogP contribution in [0.25, 0.3) is 0 Å². The van der Waals surface area contributed by atoms with Crippen LogP contribution in [0.2, 0.25) is 10.0 Å². The van der Waals surface area contributed by atoms with Gasteiger partial charge in [-0.1, -0.05) is 29.3 Å². The molecule has 0 bridgehead atoms. The molecule has 122 valence electrons. The van der Waals surface area contributed by atoms with E-state index in [1.165, 1.54) is 0 Å². The van der Waals surface area contributed by atoms with Crippen molar-refractivity contribution in [2.75, 3.05) is 13.1 Å². The lowest BCUT2D eigenvalue weighted by Crippen LogP contribution is -2.38. The minimum atomic E-state index is -0.0465. The molecule has 23 heavy (non-hydrogen) atoms. The molecule has 0 atom stereocenters. The zero-order chi connectivity index (χ0) is 16.4. The maximum absolute atomic E-state index is 12.7. The zero-order valence-electron chi connectivity index (χ0n) is 13.0. The van der Waals surface area contributed by atoms with Crippen LogP contribution < -0.4 is 0 Å². The van der Waals surface area contributed by atoms with Gasteiger partial charge in [0.2, 0.25) is 0 Å². The second-order valence-corrected chi connectivity index (χ2v) is 6.52. The van der Waals surface area contributed by atoms with Gasteiger partial charge in [-0.15, -0.1) is 0 Å². The number of carbonyl (C=O) groups is 1. The second-order valence-electron chi connectivity index (χ2n) is 5.74. The summed E-state index contributed by atoms with van der Waals surface area (Å²) in [5, 5.41) is 0.750. The average molecular weight is 352 g/mol. The summed E-state index contributed by atoms with van der Waals surface area (Å²) in [4.78, 5) is 19.0. The lowest BCUT2D eigenvalue weighted by molar-refractivity contribution is 0.0710. The standard InChI is InChI=1S/C17H19Cl2N3O/c1-2-21-11-8-20-16(21)12-6-9-22(10-7-12)17(23)13-4-3-5-14(18)15(13)19/h3-5,8,11-12H,2,6-7,9-10H2,1H3. The molecule has 0 unspecified atom stereocenters. The van der Waals surface area contributed by atoms with Crippen molar-refractivity contribution >= 4 is 29.1 Å². The third-order valence-electron chi connectivity index (χ3n) is 4.42. The molecule has 2 heterocycles. The number of imidazole rings is 1. The lowest BCUT2D eigenvalue weighted by atomic mass is 9.95. The maximum atomic E-state index is 12.7. The fourth-order valence-electron chi connectivity index (χ4n) is 3.13. The van der Waals surface area contributed by atoms with E-state index in [0.717, 1.165) is 25.2 Å². The third-order valence-corrected chi connectivity index (χ3v) is 5.24. The van der Waals surface area contributed by atoms with Crippen LogP contribution in [0.4, 0.5) is 0 Å². The Balaban J connectivity index is 1.69. The fraction of sp³-hybridized carbons (Fsp3) is 0.412. The van der Waals surface area contributed by atoms with Gasteiger partial charge in [-0.25, -0.2) is 4.98 Å². The number of benzene rings is 1. The summed E-state index contributed by atoms with van der Waals surface area (Å²) in [5.41, 5.74) is 0.479. The maximum Gasteiger partial charge on any atom is 0.255 e. The number of amides is 1. The van der Waals surface area contributed by atoms with Crippen molar-refractivity contribution < 1.29 is 4.79 Å². The topological polar surface area (TPSA) is 38.1 Å². The van der Waals surface area contributed by atoms with Crippen molar-refractivity contribution in [1.29, 1.82) is 0 Å². The highest BCUT2D eigenvalue weighted by Crippen LogP contribution is 2.30. The molecule has 0 spiro atoms. The van der Waals surface area contributed by atoms with Crippen LogP contribution in [0.3, 0.4) is 0 Å². The van der Waals surface area contributed by atoms with Crippen LogP contribution >= 0.6 is 23.2 Å². The van der Waals surface area contributed by atoms with Crippen molar-refractivity contribution in [2.45, 2.75) is 32.2 Å². The molecule has 1 aliphatic rings. The fourth-order valence-corrected chi connectivity index (χ4v) is 3.51. The predicted molar refractivity (Wildman–Crippen MR) is 92.2 cm³/mol. The summed E-state index contributed by atoms with van der Waals surface area (Å²) >= 11 is 12.2. The first-order chi connectivity index (χ1) is 11.1. The van der Waals surface area contributed by atoms with Crippen LogP contribution in [0, 0.1) is 0 Å². The smallest absolute Gasteiger partial charge is 0.255 e. The molecule has 0 aliphatic carbocycles. The van der Waals surface area contributed by atoms with Gasteiger partial charge >= 0.3 is 0 Å². The largest absolute Gasteiger partial charge is 0.339 e. The zero-order valence-corrected chi connectivity index (χ0v) is 14.5. The SMILES string of the molecule is CCn1ccnc1C1CCN(C(=O)c2cccc(Cl)c2Cl)CC1. The highest BCUT2D eigenvalue weighted by atomic mass is 35.5. The molecule has 1 saturated heterocycles. The van der Waals surface area contributed by atoms with Crippen molar-refractivity contribution in [3.63, 3.8) is 0 Å². The summed E-state index contributed by atoms with van der Waals surface area (Å²) in [6.07, 6.45) is 5.70. The van der Waals surface area contributed by atoms with Gasteiger partial charge < -0.3 is 9.47 Å².